The second-order valence-electron chi connectivity index (χ2n) is 3.49. The first-order chi connectivity index (χ1) is 8.18. The number of nitrogens with one attached hydrogen (secondary N) is 1. The molecular formula is C11H11ClN4O. The Morgan fingerprint density at radius 2 is 2.35 bits per heavy atom. The number of aromatic nitrogens is 3. The molecule has 0 fully saturated rings. The number of rotatable bonds is 3. The summed E-state index contributed by atoms with van der Waals surface area (Å²) in [5.74, 6) is 0.545. The number of pyridine rings is 1. The molecule has 0 radical (unpaired) electrons. The zero-order chi connectivity index (χ0) is 12.3. The molecule has 0 bridgehead atoms. The molecule has 88 valence electrons. The monoisotopic (exact) mass is 250 g/mol. The van der Waals surface area contributed by atoms with Crippen LogP contribution in [0.1, 0.15) is 16.2 Å². The second kappa shape index (κ2) is 4.97. The van der Waals surface area contributed by atoms with Crippen molar-refractivity contribution in [3.8, 4) is 0 Å². The fraction of sp³-hybridized carbons (Fsp3) is 0.182. The van der Waals surface area contributed by atoms with Crippen LogP contribution in [0.4, 0.5) is 0 Å². The first-order valence-corrected chi connectivity index (χ1v) is 5.40. The molecule has 0 unspecified atom stereocenters. The molecule has 17 heavy (non-hydrogen) atoms. The van der Waals surface area contributed by atoms with Crippen molar-refractivity contribution in [2.45, 2.75) is 6.54 Å². The van der Waals surface area contributed by atoms with Crippen molar-refractivity contribution < 1.29 is 4.79 Å². The van der Waals surface area contributed by atoms with Gasteiger partial charge in [0.2, 0.25) is 0 Å². The van der Waals surface area contributed by atoms with Crippen LogP contribution in [-0.4, -0.2) is 20.4 Å². The van der Waals surface area contributed by atoms with Gasteiger partial charge >= 0.3 is 0 Å². The van der Waals surface area contributed by atoms with Crippen LogP contribution in [0.15, 0.2) is 30.9 Å². The molecule has 1 N–H and O–H groups in total. The van der Waals surface area contributed by atoms with E-state index in [4.69, 9.17) is 11.6 Å². The molecule has 2 rings (SSSR count). The van der Waals surface area contributed by atoms with Gasteiger partial charge in [0.05, 0.1) is 17.1 Å². The highest BCUT2D eigenvalue weighted by molar-refractivity contribution is 6.33. The normalized spacial score (nSPS) is 10.2. The molecule has 0 saturated heterocycles. The third kappa shape index (κ3) is 2.62. The van der Waals surface area contributed by atoms with Crippen molar-refractivity contribution in [3.63, 3.8) is 0 Å². The molecule has 2 aromatic heterocycles. The molecular weight excluding hydrogens is 240 g/mol. The van der Waals surface area contributed by atoms with Gasteiger partial charge in [0.15, 0.2) is 0 Å². The predicted octanol–water partition coefficient (Wildman–Crippen LogP) is 1.40. The van der Waals surface area contributed by atoms with E-state index >= 15 is 0 Å². The third-order valence-electron chi connectivity index (χ3n) is 2.35. The van der Waals surface area contributed by atoms with E-state index in [1.165, 1.54) is 12.4 Å². The van der Waals surface area contributed by atoms with Gasteiger partial charge < -0.3 is 9.88 Å². The summed E-state index contributed by atoms with van der Waals surface area (Å²) < 4.78 is 1.84. The van der Waals surface area contributed by atoms with Crippen LogP contribution in [0.25, 0.3) is 0 Å². The lowest BCUT2D eigenvalue weighted by atomic mass is 10.2. The lowest BCUT2D eigenvalue weighted by Gasteiger charge is -2.06. The summed E-state index contributed by atoms with van der Waals surface area (Å²) in [6.07, 6.45) is 6.47. The molecule has 6 heteroatoms. The Balaban J connectivity index is 2.04. The molecule has 2 aromatic rings. The van der Waals surface area contributed by atoms with E-state index < -0.39 is 0 Å². The van der Waals surface area contributed by atoms with Gasteiger partial charge in [0.25, 0.3) is 5.91 Å². The van der Waals surface area contributed by atoms with E-state index in [9.17, 15) is 4.79 Å². The van der Waals surface area contributed by atoms with E-state index in [-0.39, 0.29) is 5.91 Å². The lowest BCUT2D eigenvalue weighted by molar-refractivity contribution is 0.0949. The Morgan fingerprint density at radius 1 is 1.53 bits per heavy atom. The third-order valence-corrected chi connectivity index (χ3v) is 2.65. The van der Waals surface area contributed by atoms with Crippen LogP contribution in [0.5, 0.6) is 0 Å². The average Bonchev–Trinajstić information content (AvgIpc) is 2.72. The first-order valence-electron chi connectivity index (χ1n) is 5.02. The van der Waals surface area contributed by atoms with Gasteiger partial charge in [-0.05, 0) is 6.07 Å². The zero-order valence-electron chi connectivity index (χ0n) is 9.22. The molecule has 0 saturated carbocycles. The van der Waals surface area contributed by atoms with Crippen molar-refractivity contribution >= 4 is 17.5 Å². The summed E-state index contributed by atoms with van der Waals surface area (Å²) in [7, 11) is 1.87. The van der Waals surface area contributed by atoms with Crippen LogP contribution in [0.3, 0.4) is 0 Å². The summed E-state index contributed by atoms with van der Waals surface area (Å²) in [6, 6.07) is 1.58. The van der Waals surface area contributed by atoms with Crippen LogP contribution in [0.2, 0.25) is 5.02 Å². The number of aryl methyl sites for hydroxylation is 1. The maximum absolute atomic E-state index is 11.8. The first kappa shape index (κ1) is 11.6. The summed E-state index contributed by atoms with van der Waals surface area (Å²) in [6.45, 7) is 0.362. The van der Waals surface area contributed by atoms with Crippen LogP contribution in [-0.2, 0) is 13.6 Å². The number of amides is 1. The summed E-state index contributed by atoms with van der Waals surface area (Å²) in [5, 5.41) is 3.09. The molecule has 2 heterocycles. The largest absolute Gasteiger partial charge is 0.345 e. The predicted molar refractivity (Wildman–Crippen MR) is 63.6 cm³/mol. The van der Waals surface area contributed by atoms with Crippen LogP contribution in [0, 0.1) is 0 Å². The van der Waals surface area contributed by atoms with Gasteiger partial charge in [-0.2, -0.15) is 0 Å². The fourth-order valence-corrected chi connectivity index (χ4v) is 1.59. The molecule has 0 spiro atoms. The molecule has 0 atom stereocenters. The number of carbonyl (C=O) groups is 1. The number of imidazole rings is 1. The van der Waals surface area contributed by atoms with Crippen molar-refractivity contribution in [1.82, 2.24) is 19.9 Å². The van der Waals surface area contributed by atoms with Gasteiger partial charge in [-0.25, -0.2) is 4.98 Å². The molecule has 0 aliphatic rings. The van der Waals surface area contributed by atoms with E-state index in [0.29, 0.717) is 17.1 Å². The maximum Gasteiger partial charge on any atom is 0.253 e. The van der Waals surface area contributed by atoms with Crippen molar-refractivity contribution in [2.24, 2.45) is 7.05 Å². The summed E-state index contributed by atoms with van der Waals surface area (Å²) in [5.41, 5.74) is 0.413. The van der Waals surface area contributed by atoms with Gasteiger partial charge in [-0.1, -0.05) is 11.6 Å². The smallest absolute Gasteiger partial charge is 0.253 e. The Labute approximate surface area is 103 Å². The van der Waals surface area contributed by atoms with E-state index in [2.05, 4.69) is 15.3 Å². The highest BCUT2D eigenvalue weighted by Gasteiger charge is 2.10. The second-order valence-corrected chi connectivity index (χ2v) is 3.90. The molecule has 0 aromatic carbocycles. The minimum absolute atomic E-state index is 0.236. The fourth-order valence-electron chi connectivity index (χ4n) is 1.38. The minimum atomic E-state index is -0.236. The van der Waals surface area contributed by atoms with Crippen molar-refractivity contribution in [3.05, 3.63) is 47.3 Å². The number of hydrogen-bond acceptors (Lipinski definition) is 3. The number of nitrogens with zero attached hydrogens (tertiary/aromatic N) is 3. The number of halogens is 1. The summed E-state index contributed by atoms with van der Waals surface area (Å²) >= 11 is 5.87. The van der Waals surface area contributed by atoms with Crippen LogP contribution < -0.4 is 5.32 Å². The Kier molecular flexibility index (Phi) is 3.39. The van der Waals surface area contributed by atoms with Gasteiger partial charge in [-0.15, -0.1) is 0 Å². The molecule has 0 aliphatic heterocycles. The Hall–Kier alpha value is -1.88. The van der Waals surface area contributed by atoms with Gasteiger partial charge in [-0.3, -0.25) is 9.78 Å². The number of hydrogen-bond donors (Lipinski definition) is 1. The molecule has 0 aliphatic carbocycles. The molecule has 5 nitrogen and oxygen atoms in total. The average molecular weight is 251 g/mol. The quantitative estimate of drug-likeness (QED) is 0.896. The molecule has 1 amide bonds. The zero-order valence-corrected chi connectivity index (χ0v) is 9.98. The highest BCUT2D eigenvalue weighted by atomic mass is 35.5. The van der Waals surface area contributed by atoms with Crippen LogP contribution >= 0.6 is 11.6 Å². The Bertz CT molecular complexity index is 538. The number of carbonyl (C=O) groups excluding carboxylic acids is 1. The van der Waals surface area contributed by atoms with E-state index in [1.54, 1.807) is 12.3 Å². The lowest BCUT2D eigenvalue weighted by Crippen LogP contribution is -2.24. The van der Waals surface area contributed by atoms with E-state index in [1.807, 2.05) is 17.8 Å². The van der Waals surface area contributed by atoms with Gasteiger partial charge in [0, 0.05) is 31.8 Å². The maximum atomic E-state index is 11.8. The SMILES string of the molecule is Cn1ccnc1CNC(=O)c1ccncc1Cl. The highest BCUT2D eigenvalue weighted by Crippen LogP contribution is 2.12. The standard InChI is InChI=1S/C11H11ClN4O/c1-16-5-4-14-10(16)7-15-11(17)8-2-3-13-6-9(8)12/h2-6H,7H2,1H3,(H,15,17). The van der Waals surface area contributed by atoms with Crippen molar-refractivity contribution in [2.75, 3.05) is 0 Å². The topological polar surface area (TPSA) is 59.8 Å². The van der Waals surface area contributed by atoms with E-state index in [0.717, 1.165) is 5.82 Å². The summed E-state index contributed by atoms with van der Waals surface area (Å²) in [4.78, 5) is 19.7. The Morgan fingerprint density at radius 3 is 3.00 bits per heavy atom. The van der Waals surface area contributed by atoms with Gasteiger partial charge in [0.1, 0.15) is 5.82 Å². The van der Waals surface area contributed by atoms with Crippen molar-refractivity contribution in [1.29, 1.82) is 0 Å². The minimum Gasteiger partial charge on any atom is -0.345 e.